The van der Waals surface area contributed by atoms with Gasteiger partial charge in [0.05, 0.1) is 7.11 Å². The van der Waals surface area contributed by atoms with Crippen molar-refractivity contribution < 1.29 is 19.1 Å². The van der Waals surface area contributed by atoms with Crippen molar-refractivity contribution in [3.63, 3.8) is 0 Å². The molecule has 1 aromatic rings. The predicted molar refractivity (Wildman–Crippen MR) is 83.6 cm³/mol. The Hall–Kier alpha value is -0.690. The van der Waals surface area contributed by atoms with Crippen LogP contribution in [0.4, 0.5) is 4.79 Å². The Labute approximate surface area is 144 Å². The van der Waals surface area contributed by atoms with E-state index in [0.29, 0.717) is 0 Å². The fourth-order valence-corrected chi connectivity index (χ4v) is 2.17. The molecule has 0 aliphatic carbocycles. The zero-order valence-electron chi connectivity index (χ0n) is 10.7. The lowest BCUT2D eigenvalue weighted by molar-refractivity contribution is -0.143. The molecule has 0 bridgehead atoms. The highest BCUT2D eigenvalue weighted by molar-refractivity contribution is 9.10. The van der Waals surface area contributed by atoms with Gasteiger partial charge in [0, 0.05) is 10.9 Å². The summed E-state index contributed by atoms with van der Waals surface area (Å²) in [4.78, 5) is 23.2. The number of halogens is 4. The van der Waals surface area contributed by atoms with Crippen molar-refractivity contribution in [3.8, 4) is 0 Å². The average Bonchev–Trinajstić information content (AvgIpc) is 2.34. The van der Waals surface area contributed by atoms with Crippen molar-refractivity contribution in [1.82, 2.24) is 5.32 Å². The number of amides is 1. The van der Waals surface area contributed by atoms with E-state index in [2.05, 4.69) is 30.7 Å². The third-order valence-corrected chi connectivity index (χ3v) is 3.04. The van der Waals surface area contributed by atoms with Gasteiger partial charge in [-0.3, -0.25) is 0 Å². The monoisotopic (exact) mass is 417 g/mol. The number of rotatable bonds is 4. The van der Waals surface area contributed by atoms with Gasteiger partial charge in [-0.25, -0.2) is 9.59 Å². The van der Waals surface area contributed by atoms with Gasteiger partial charge < -0.3 is 14.8 Å². The molecule has 21 heavy (non-hydrogen) atoms. The number of carbonyl (C=O) groups excluding carboxylic acids is 2. The third kappa shape index (κ3) is 7.22. The van der Waals surface area contributed by atoms with Gasteiger partial charge in [0.15, 0.2) is 0 Å². The summed E-state index contributed by atoms with van der Waals surface area (Å²) in [6.45, 7) is 0. The van der Waals surface area contributed by atoms with Crippen LogP contribution in [-0.2, 0) is 20.7 Å². The number of nitrogens with one attached hydrogen (secondary N) is 1. The number of alkyl carbamates (subject to hydrolysis) is 1. The van der Waals surface area contributed by atoms with E-state index in [9.17, 15) is 9.59 Å². The van der Waals surface area contributed by atoms with E-state index in [1.807, 2.05) is 6.07 Å². The molecule has 0 aliphatic rings. The Morgan fingerprint density at radius 2 is 2.05 bits per heavy atom. The molecule has 0 spiro atoms. The molecule has 0 saturated carbocycles. The second-order valence-corrected chi connectivity index (χ2v) is 6.98. The van der Waals surface area contributed by atoms with Gasteiger partial charge in [0.2, 0.25) is 0 Å². The summed E-state index contributed by atoms with van der Waals surface area (Å²) in [6, 6.07) is 6.26. The lowest BCUT2D eigenvalue weighted by atomic mass is 10.1. The van der Waals surface area contributed by atoms with E-state index >= 15 is 0 Å². The molecule has 1 atom stereocenters. The molecule has 0 aromatic heterocycles. The van der Waals surface area contributed by atoms with Crippen molar-refractivity contribution in [2.75, 3.05) is 7.11 Å². The minimum absolute atomic E-state index is 0.196. The smallest absolute Gasteiger partial charge is 0.411 e. The van der Waals surface area contributed by atoms with Crippen molar-refractivity contribution in [1.29, 1.82) is 0 Å². The Morgan fingerprint density at radius 1 is 1.38 bits per heavy atom. The fraction of sp³-hybridized carbons (Fsp3) is 0.333. The minimum atomic E-state index is -2.21. The summed E-state index contributed by atoms with van der Waals surface area (Å²) in [7, 11) is 1.21. The standard InChI is InChI=1S/C12H11BrCl3NO4/c1-20-10(18)9(17-11(19)21-12(14,15)16)6-7-3-2-4-8(13)5-7/h2-5,9H,6H2,1H3,(H,17,19). The minimum Gasteiger partial charge on any atom is -0.467 e. The van der Waals surface area contributed by atoms with Crippen LogP contribution in [0.5, 0.6) is 0 Å². The van der Waals surface area contributed by atoms with Crippen LogP contribution in [-0.4, -0.2) is 29.2 Å². The number of methoxy groups -OCH3 is 1. The van der Waals surface area contributed by atoms with E-state index in [4.69, 9.17) is 34.8 Å². The molecule has 9 heteroatoms. The summed E-state index contributed by atoms with van der Waals surface area (Å²) in [5.41, 5.74) is 0.800. The zero-order chi connectivity index (χ0) is 16.0. The van der Waals surface area contributed by atoms with Crippen LogP contribution in [0.25, 0.3) is 0 Å². The molecule has 0 saturated heterocycles. The van der Waals surface area contributed by atoms with Gasteiger partial charge in [-0.15, -0.1) is 0 Å². The normalized spacial score (nSPS) is 12.4. The lowest BCUT2D eigenvalue weighted by Crippen LogP contribution is -2.44. The van der Waals surface area contributed by atoms with E-state index in [0.717, 1.165) is 10.0 Å². The highest BCUT2D eigenvalue weighted by Gasteiger charge is 2.29. The number of ether oxygens (including phenoxy) is 2. The molecule has 1 N–H and O–H groups in total. The molecule has 5 nitrogen and oxygen atoms in total. The number of benzene rings is 1. The van der Waals surface area contributed by atoms with Crippen LogP contribution >= 0.6 is 50.7 Å². The molecule has 1 aromatic carbocycles. The third-order valence-electron chi connectivity index (χ3n) is 2.32. The molecular formula is C12H11BrCl3NO4. The first-order valence-electron chi connectivity index (χ1n) is 5.60. The van der Waals surface area contributed by atoms with Crippen LogP contribution in [0.3, 0.4) is 0 Å². The number of alkyl halides is 3. The largest absolute Gasteiger partial charge is 0.467 e. The Kier molecular flexibility index (Phi) is 7.06. The molecule has 0 fully saturated rings. The van der Waals surface area contributed by atoms with E-state index < -0.39 is 22.1 Å². The Bertz CT molecular complexity index is 521. The van der Waals surface area contributed by atoms with Gasteiger partial charge in [-0.2, -0.15) is 0 Å². The first-order chi connectivity index (χ1) is 9.71. The van der Waals surface area contributed by atoms with Crippen molar-refractivity contribution in [3.05, 3.63) is 34.3 Å². The Morgan fingerprint density at radius 3 is 2.57 bits per heavy atom. The van der Waals surface area contributed by atoms with Gasteiger partial charge in [0.1, 0.15) is 6.04 Å². The number of esters is 1. The molecule has 0 heterocycles. The molecule has 1 unspecified atom stereocenters. The van der Waals surface area contributed by atoms with Crippen LogP contribution in [0, 0.1) is 0 Å². The van der Waals surface area contributed by atoms with E-state index in [1.165, 1.54) is 7.11 Å². The zero-order valence-corrected chi connectivity index (χ0v) is 14.6. The van der Waals surface area contributed by atoms with E-state index in [-0.39, 0.29) is 6.42 Å². The highest BCUT2D eigenvalue weighted by Crippen LogP contribution is 2.27. The molecular weight excluding hydrogens is 408 g/mol. The van der Waals surface area contributed by atoms with Gasteiger partial charge in [-0.05, 0) is 52.5 Å². The van der Waals surface area contributed by atoms with Gasteiger partial charge >= 0.3 is 16.0 Å². The quantitative estimate of drug-likeness (QED) is 0.599. The Balaban J connectivity index is 2.77. The average molecular weight is 419 g/mol. The summed E-state index contributed by atoms with van der Waals surface area (Å²) in [5, 5.41) is 2.29. The van der Waals surface area contributed by atoms with Crippen molar-refractivity contribution in [2.45, 2.75) is 16.4 Å². The molecule has 1 amide bonds. The first-order valence-corrected chi connectivity index (χ1v) is 7.52. The summed E-state index contributed by atoms with van der Waals surface area (Å²) in [6.07, 6.45) is -0.846. The maximum absolute atomic E-state index is 11.7. The fourth-order valence-electron chi connectivity index (χ4n) is 1.51. The topological polar surface area (TPSA) is 64.6 Å². The maximum Gasteiger partial charge on any atom is 0.411 e. The molecule has 116 valence electrons. The van der Waals surface area contributed by atoms with E-state index in [1.54, 1.807) is 18.2 Å². The SMILES string of the molecule is COC(=O)C(Cc1cccc(Br)c1)NC(=O)OC(Cl)(Cl)Cl. The summed E-state index contributed by atoms with van der Waals surface area (Å²) < 4.78 is 7.71. The van der Waals surface area contributed by atoms with Crippen LogP contribution in [0.1, 0.15) is 5.56 Å². The predicted octanol–water partition coefficient (Wildman–Crippen LogP) is 3.59. The van der Waals surface area contributed by atoms with Crippen LogP contribution in [0.15, 0.2) is 28.7 Å². The molecule has 0 radical (unpaired) electrons. The van der Waals surface area contributed by atoms with Crippen molar-refractivity contribution in [2.24, 2.45) is 0 Å². The van der Waals surface area contributed by atoms with Crippen LogP contribution < -0.4 is 5.32 Å². The number of hydrogen-bond donors (Lipinski definition) is 1. The van der Waals surface area contributed by atoms with Crippen LogP contribution in [0.2, 0.25) is 0 Å². The number of hydrogen-bond acceptors (Lipinski definition) is 4. The second-order valence-electron chi connectivity index (χ2n) is 3.89. The maximum atomic E-state index is 11.7. The second kappa shape index (κ2) is 8.08. The summed E-state index contributed by atoms with van der Waals surface area (Å²) >= 11 is 19.3. The summed E-state index contributed by atoms with van der Waals surface area (Å²) in [5.74, 6) is -0.642. The highest BCUT2D eigenvalue weighted by atomic mass is 79.9. The van der Waals surface area contributed by atoms with Gasteiger partial charge in [0.25, 0.3) is 0 Å². The lowest BCUT2D eigenvalue weighted by Gasteiger charge is -2.18. The van der Waals surface area contributed by atoms with Crippen molar-refractivity contribution >= 4 is 62.8 Å². The molecule has 0 aliphatic heterocycles. The van der Waals surface area contributed by atoms with Gasteiger partial charge in [-0.1, -0.05) is 28.1 Å². The molecule has 1 rings (SSSR count). The first kappa shape index (κ1) is 18.4. The number of carbonyl (C=O) groups is 2.